The first kappa shape index (κ1) is 13.7. The van der Waals surface area contributed by atoms with Crippen molar-refractivity contribution in [3.05, 3.63) is 22.2 Å². The number of carbonyl (C=O) groups is 1. The maximum absolute atomic E-state index is 12.6. The van der Waals surface area contributed by atoms with Gasteiger partial charge in [-0.1, -0.05) is 0 Å². The molecule has 1 amide bonds. The number of amides is 1. The summed E-state index contributed by atoms with van der Waals surface area (Å²) in [5, 5.41) is 0. The van der Waals surface area contributed by atoms with E-state index in [0.717, 1.165) is 4.47 Å². The number of fused-ring (bicyclic) bond motifs is 1. The zero-order valence-corrected chi connectivity index (χ0v) is 13.3. The molecule has 5 heteroatoms. The standard InChI is InChI=1S/C15H18BrNO3/c1-9(10-3-4-10)17(2)15(18)11-7-12(16)14-13(8-11)19-5-6-20-14/h7-10H,3-6H2,1-2H3. The number of nitrogens with zero attached hydrogens (tertiary/aromatic N) is 1. The summed E-state index contributed by atoms with van der Waals surface area (Å²) in [6.45, 7) is 3.17. The molecule has 0 N–H and O–H groups in total. The van der Waals surface area contributed by atoms with E-state index in [9.17, 15) is 4.79 Å². The van der Waals surface area contributed by atoms with Crippen molar-refractivity contribution in [3.63, 3.8) is 0 Å². The summed E-state index contributed by atoms with van der Waals surface area (Å²) in [5.41, 5.74) is 0.635. The molecule has 1 aromatic rings. The van der Waals surface area contributed by atoms with E-state index in [4.69, 9.17) is 9.47 Å². The van der Waals surface area contributed by atoms with Crippen LogP contribution in [0.4, 0.5) is 0 Å². The van der Waals surface area contributed by atoms with Gasteiger partial charge in [-0.3, -0.25) is 4.79 Å². The molecule has 1 saturated carbocycles. The van der Waals surface area contributed by atoms with Crippen LogP contribution in [0.1, 0.15) is 30.1 Å². The normalized spacial score (nSPS) is 18.6. The van der Waals surface area contributed by atoms with Crippen LogP contribution in [-0.4, -0.2) is 37.1 Å². The molecule has 4 nitrogen and oxygen atoms in total. The monoisotopic (exact) mass is 339 g/mol. The predicted octanol–water partition coefficient (Wildman–Crippen LogP) is 3.09. The highest BCUT2D eigenvalue weighted by Gasteiger charge is 2.33. The largest absolute Gasteiger partial charge is 0.486 e. The van der Waals surface area contributed by atoms with Gasteiger partial charge >= 0.3 is 0 Å². The average molecular weight is 340 g/mol. The topological polar surface area (TPSA) is 38.8 Å². The van der Waals surface area contributed by atoms with Crippen LogP contribution in [0.2, 0.25) is 0 Å². The minimum Gasteiger partial charge on any atom is -0.486 e. The van der Waals surface area contributed by atoms with Gasteiger partial charge in [-0.15, -0.1) is 0 Å². The number of rotatable bonds is 3. The Hall–Kier alpha value is -1.23. The van der Waals surface area contributed by atoms with Crippen LogP contribution in [0.15, 0.2) is 16.6 Å². The summed E-state index contributed by atoms with van der Waals surface area (Å²) in [6.07, 6.45) is 2.45. The molecule has 1 aliphatic carbocycles. The summed E-state index contributed by atoms with van der Waals surface area (Å²) < 4.78 is 11.9. The van der Waals surface area contributed by atoms with E-state index in [1.54, 1.807) is 6.07 Å². The lowest BCUT2D eigenvalue weighted by atomic mass is 10.1. The first-order chi connectivity index (χ1) is 9.58. The molecule has 0 bridgehead atoms. The third-order valence-corrected chi connectivity index (χ3v) is 4.67. The van der Waals surface area contributed by atoms with Gasteiger partial charge < -0.3 is 14.4 Å². The minimum absolute atomic E-state index is 0.0297. The van der Waals surface area contributed by atoms with Gasteiger partial charge in [0, 0.05) is 18.7 Å². The van der Waals surface area contributed by atoms with Gasteiger partial charge in [-0.05, 0) is 53.7 Å². The van der Waals surface area contributed by atoms with Crippen molar-refractivity contribution in [2.45, 2.75) is 25.8 Å². The molecule has 108 valence electrons. The first-order valence-corrected chi connectivity index (χ1v) is 7.73. The summed E-state index contributed by atoms with van der Waals surface area (Å²) in [4.78, 5) is 14.4. The lowest BCUT2D eigenvalue weighted by molar-refractivity contribution is 0.0726. The van der Waals surface area contributed by atoms with Gasteiger partial charge in [0.05, 0.1) is 4.47 Å². The van der Waals surface area contributed by atoms with Crippen LogP contribution in [0.3, 0.4) is 0 Å². The predicted molar refractivity (Wildman–Crippen MR) is 79.4 cm³/mol. The molecule has 0 aromatic heterocycles. The smallest absolute Gasteiger partial charge is 0.254 e. The number of hydrogen-bond acceptors (Lipinski definition) is 3. The Bertz CT molecular complexity index is 542. The fourth-order valence-electron chi connectivity index (χ4n) is 2.52. The van der Waals surface area contributed by atoms with E-state index in [-0.39, 0.29) is 11.9 Å². The Morgan fingerprint density at radius 2 is 2.05 bits per heavy atom. The fourth-order valence-corrected chi connectivity index (χ4v) is 3.07. The second-order valence-electron chi connectivity index (χ2n) is 5.48. The van der Waals surface area contributed by atoms with Gasteiger partial charge in [-0.25, -0.2) is 0 Å². The average Bonchev–Trinajstić information content (AvgIpc) is 3.29. The Morgan fingerprint density at radius 3 is 2.75 bits per heavy atom. The van der Waals surface area contributed by atoms with Gasteiger partial charge in [0.25, 0.3) is 5.91 Å². The van der Waals surface area contributed by atoms with E-state index >= 15 is 0 Å². The maximum atomic E-state index is 12.6. The summed E-state index contributed by atoms with van der Waals surface area (Å²) in [7, 11) is 1.87. The number of ether oxygens (including phenoxy) is 2. The zero-order valence-electron chi connectivity index (χ0n) is 11.7. The second-order valence-corrected chi connectivity index (χ2v) is 6.33. The van der Waals surface area contributed by atoms with Crippen molar-refractivity contribution in [3.8, 4) is 11.5 Å². The highest BCUT2D eigenvalue weighted by atomic mass is 79.9. The molecule has 1 fully saturated rings. The van der Waals surface area contributed by atoms with E-state index < -0.39 is 0 Å². The number of hydrogen-bond donors (Lipinski definition) is 0. The molecule has 1 heterocycles. The van der Waals surface area contributed by atoms with Crippen molar-refractivity contribution in [2.75, 3.05) is 20.3 Å². The van der Waals surface area contributed by atoms with Gasteiger partial charge in [0.2, 0.25) is 0 Å². The highest BCUT2D eigenvalue weighted by molar-refractivity contribution is 9.10. The quantitative estimate of drug-likeness (QED) is 0.849. The molecule has 2 aliphatic rings. The Balaban J connectivity index is 1.85. The van der Waals surface area contributed by atoms with Crippen molar-refractivity contribution in [1.82, 2.24) is 4.90 Å². The van der Waals surface area contributed by atoms with Gasteiger partial charge in [-0.2, -0.15) is 0 Å². The van der Waals surface area contributed by atoms with Crippen molar-refractivity contribution in [2.24, 2.45) is 5.92 Å². The molecular formula is C15H18BrNO3. The van der Waals surface area contributed by atoms with Gasteiger partial charge in [0.1, 0.15) is 13.2 Å². The van der Waals surface area contributed by atoms with Crippen LogP contribution >= 0.6 is 15.9 Å². The first-order valence-electron chi connectivity index (χ1n) is 6.94. The summed E-state index contributed by atoms with van der Waals surface area (Å²) in [6, 6.07) is 3.87. The molecule has 20 heavy (non-hydrogen) atoms. The Labute approximate surface area is 127 Å². The van der Waals surface area contributed by atoms with Crippen molar-refractivity contribution < 1.29 is 14.3 Å². The summed E-state index contributed by atoms with van der Waals surface area (Å²) in [5.74, 6) is 2.01. The zero-order chi connectivity index (χ0) is 14.3. The van der Waals surface area contributed by atoms with Crippen molar-refractivity contribution in [1.29, 1.82) is 0 Å². The highest BCUT2D eigenvalue weighted by Crippen LogP contribution is 2.39. The second kappa shape index (κ2) is 5.28. The van der Waals surface area contributed by atoms with E-state index in [2.05, 4.69) is 22.9 Å². The summed E-state index contributed by atoms with van der Waals surface area (Å²) >= 11 is 3.45. The number of benzene rings is 1. The van der Waals surface area contributed by atoms with E-state index in [0.29, 0.717) is 36.2 Å². The van der Waals surface area contributed by atoms with E-state index in [1.165, 1.54) is 12.8 Å². The lowest BCUT2D eigenvalue weighted by Crippen LogP contribution is -2.36. The van der Waals surface area contributed by atoms with Crippen LogP contribution in [0, 0.1) is 5.92 Å². The third-order valence-electron chi connectivity index (χ3n) is 4.08. The molecule has 1 atom stereocenters. The van der Waals surface area contributed by atoms with Crippen LogP contribution < -0.4 is 9.47 Å². The third kappa shape index (κ3) is 2.51. The molecule has 1 aromatic carbocycles. The molecule has 3 rings (SSSR count). The molecule has 0 saturated heterocycles. The molecule has 0 spiro atoms. The molecule has 1 aliphatic heterocycles. The molecular weight excluding hydrogens is 322 g/mol. The molecule has 1 unspecified atom stereocenters. The van der Waals surface area contributed by atoms with E-state index in [1.807, 2.05) is 18.0 Å². The van der Waals surface area contributed by atoms with Crippen LogP contribution in [-0.2, 0) is 0 Å². The fraction of sp³-hybridized carbons (Fsp3) is 0.533. The number of carbonyl (C=O) groups excluding carboxylic acids is 1. The van der Waals surface area contributed by atoms with Gasteiger partial charge in [0.15, 0.2) is 11.5 Å². The Kier molecular flexibility index (Phi) is 3.63. The maximum Gasteiger partial charge on any atom is 0.254 e. The lowest BCUT2D eigenvalue weighted by Gasteiger charge is -2.26. The van der Waals surface area contributed by atoms with Crippen LogP contribution in [0.25, 0.3) is 0 Å². The minimum atomic E-state index is 0.0297. The van der Waals surface area contributed by atoms with Crippen LogP contribution in [0.5, 0.6) is 11.5 Å². The number of halogens is 1. The SMILES string of the molecule is CC(C1CC1)N(C)C(=O)c1cc(Br)c2c(c1)OCCO2. The molecule has 0 radical (unpaired) electrons. The van der Waals surface area contributed by atoms with Crippen molar-refractivity contribution >= 4 is 21.8 Å². The Morgan fingerprint density at radius 1 is 1.35 bits per heavy atom.